The number of alkyl carbamates (subject to hydrolysis) is 1. The van der Waals surface area contributed by atoms with Gasteiger partial charge < -0.3 is 15.0 Å². The molecule has 1 aromatic rings. The van der Waals surface area contributed by atoms with Crippen LogP contribution in [0.2, 0.25) is 0 Å². The highest BCUT2D eigenvalue weighted by Crippen LogP contribution is 2.20. The molecule has 25 heavy (non-hydrogen) atoms. The predicted molar refractivity (Wildman–Crippen MR) is 94.1 cm³/mol. The van der Waals surface area contributed by atoms with Crippen molar-refractivity contribution in [3.63, 3.8) is 0 Å². The second kappa shape index (κ2) is 8.02. The molecule has 0 aromatic heterocycles. The Balaban J connectivity index is 2.03. The quantitative estimate of drug-likeness (QED) is 0.914. The van der Waals surface area contributed by atoms with Crippen LogP contribution < -0.4 is 5.32 Å². The van der Waals surface area contributed by atoms with E-state index >= 15 is 0 Å². The zero-order chi connectivity index (χ0) is 18.4. The highest BCUT2D eigenvalue weighted by atomic mass is 16.6. The van der Waals surface area contributed by atoms with Gasteiger partial charge in [-0.3, -0.25) is 4.79 Å². The van der Waals surface area contributed by atoms with Crippen molar-refractivity contribution >= 4 is 12.0 Å². The molecule has 1 N–H and O–H groups in total. The van der Waals surface area contributed by atoms with Crippen LogP contribution in [0.5, 0.6) is 0 Å². The number of likely N-dealkylation sites (tertiary alicyclic amines) is 1. The van der Waals surface area contributed by atoms with Gasteiger partial charge in [0.2, 0.25) is 0 Å². The largest absolute Gasteiger partial charge is 0.444 e. The van der Waals surface area contributed by atoms with Crippen molar-refractivity contribution in [1.82, 2.24) is 10.2 Å². The molecule has 1 saturated heterocycles. The number of carbonyl (C=O) groups is 2. The van der Waals surface area contributed by atoms with E-state index in [0.717, 1.165) is 19.3 Å². The molecule has 0 spiro atoms. The number of ether oxygens (including phenoxy) is 1. The Morgan fingerprint density at radius 1 is 1.36 bits per heavy atom. The monoisotopic (exact) mass is 343 g/mol. The summed E-state index contributed by atoms with van der Waals surface area (Å²) in [7, 11) is 0. The first-order valence-corrected chi connectivity index (χ1v) is 8.58. The van der Waals surface area contributed by atoms with Gasteiger partial charge in [0.05, 0.1) is 11.6 Å². The Labute approximate surface area is 148 Å². The zero-order valence-electron chi connectivity index (χ0n) is 15.0. The first kappa shape index (κ1) is 18.8. The van der Waals surface area contributed by atoms with Crippen molar-refractivity contribution < 1.29 is 14.3 Å². The van der Waals surface area contributed by atoms with Crippen LogP contribution in [0.15, 0.2) is 24.3 Å². The number of carbonyl (C=O) groups excluding carboxylic acids is 2. The van der Waals surface area contributed by atoms with Crippen LogP contribution in [-0.2, 0) is 4.74 Å². The summed E-state index contributed by atoms with van der Waals surface area (Å²) >= 11 is 0. The number of amides is 2. The molecule has 0 saturated carbocycles. The van der Waals surface area contributed by atoms with Gasteiger partial charge in [-0.05, 0) is 58.2 Å². The van der Waals surface area contributed by atoms with Crippen LogP contribution in [0, 0.1) is 11.3 Å². The lowest BCUT2D eigenvalue weighted by molar-refractivity contribution is 0.0462. The fourth-order valence-corrected chi connectivity index (χ4v) is 2.88. The molecule has 2 rings (SSSR count). The summed E-state index contributed by atoms with van der Waals surface area (Å²) in [5.41, 5.74) is 0.415. The van der Waals surface area contributed by atoms with Gasteiger partial charge in [-0.25, -0.2) is 4.79 Å². The maximum absolute atomic E-state index is 12.8. The van der Waals surface area contributed by atoms with Gasteiger partial charge in [-0.15, -0.1) is 0 Å². The Kier molecular flexibility index (Phi) is 6.02. The normalized spacial score (nSPS) is 17.5. The molecule has 1 unspecified atom stereocenters. The average molecular weight is 343 g/mol. The molecular formula is C19H25N3O3. The molecule has 1 aromatic carbocycles. The first-order chi connectivity index (χ1) is 11.8. The van der Waals surface area contributed by atoms with Crippen LogP contribution in [-0.4, -0.2) is 41.6 Å². The molecule has 1 fully saturated rings. The topological polar surface area (TPSA) is 82.4 Å². The van der Waals surface area contributed by atoms with E-state index in [0.29, 0.717) is 24.2 Å². The van der Waals surface area contributed by atoms with E-state index in [-0.39, 0.29) is 11.9 Å². The number of piperidine rings is 1. The maximum Gasteiger partial charge on any atom is 0.407 e. The van der Waals surface area contributed by atoms with E-state index in [9.17, 15) is 9.59 Å². The minimum absolute atomic E-state index is 0.0699. The number of nitrogens with one attached hydrogen (secondary N) is 1. The molecule has 0 bridgehead atoms. The summed E-state index contributed by atoms with van der Waals surface area (Å²) in [6, 6.07) is 8.70. The van der Waals surface area contributed by atoms with Crippen molar-refractivity contribution in [1.29, 1.82) is 5.26 Å². The molecule has 1 heterocycles. The van der Waals surface area contributed by atoms with Gasteiger partial charge in [-0.2, -0.15) is 5.26 Å². The summed E-state index contributed by atoms with van der Waals surface area (Å²) < 4.78 is 5.25. The van der Waals surface area contributed by atoms with Crippen LogP contribution >= 0.6 is 0 Å². The van der Waals surface area contributed by atoms with Crippen molar-refractivity contribution in [2.45, 2.75) is 51.7 Å². The van der Waals surface area contributed by atoms with Crippen molar-refractivity contribution in [2.24, 2.45) is 0 Å². The smallest absolute Gasteiger partial charge is 0.407 e. The predicted octanol–water partition coefficient (Wildman–Crippen LogP) is 3.08. The molecule has 1 atom stereocenters. The second-order valence-electron chi connectivity index (χ2n) is 7.22. The first-order valence-electron chi connectivity index (χ1n) is 8.58. The third kappa shape index (κ3) is 5.49. The minimum Gasteiger partial charge on any atom is -0.444 e. The summed E-state index contributed by atoms with van der Waals surface area (Å²) in [5, 5.41) is 11.8. The highest BCUT2D eigenvalue weighted by molar-refractivity contribution is 5.94. The van der Waals surface area contributed by atoms with Gasteiger partial charge in [0.15, 0.2) is 0 Å². The van der Waals surface area contributed by atoms with Gasteiger partial charge in [0, 0.05) is 24.7 Å². The lowest BCUT2D eigenvalue weighted by atomic mass is 10.00. The van der Waals surface area contributed by atoms with Crippen LogP contribution in [0.4, 0.5) is 4.79 Å². The minimum atomic E-state index is -0.552. The number of rotatable bonds is 3. The summed E-state index contributed by atoms with van der Waals surface area (Å²) in [5.74, 6) is -0.104. The van der Waals surface area contributed by atoms with E-state index in [1.54, 1.807) is 29.2 Å². The van der Waals surface area contributed by atoms with Crippen LogP contribution in [0.1, 0.15) is 56.0 Å². The number of hydrogen-bond donors (Lipinski definition) is 1. The van der Waals surface area contributed by atoms with Gasteiger partial charge in [0.25, 0.3) is 5.91 Å². The lowest BCUT2D eigenvalue weighted by Crippen LogP contribution is -2.50. The Morgan fingerprint density at radius 2 is 2.12 bits per heavy atom. The van der Waals surface area contributed by atoms with Crippen molar-refractivity contribution in [3.05, 3.63) is 35.4 Å². The van der Waals surface area contributed by atoms with E-state index < -0.39 is 11.7 Å². The molecule has 0 radical (unpaired) electrons. The third-order valence-corrected chi connectivity index (χ3v) is 4.01. The summed E-state index contributed by atoms with van der Waals surface area (Å²) in [6.07, 6.45) is 2.31. The number of benzene rings is 1. The fraction of sp³-hybridized carbons (Fsp3) is 0.526. The Bertz CT molecular complexity index is 673. The Hall–Kier alpha value is -2.55. The van der Waals surface area contributed by atoms with Crippen LogP contribution in [0.25, 0.3) is 0 Å². The third-order valence-electron chi connectivity index (χ3n) is 4.01. The molecule has 2 amide bonds. The highest BCUT2D eigenvalue weighted by Gasteiger charge is 2.28. The summed E-state index contributed by atoms with van der Waals surface area (Å²) in [6.45, 7) is 6.44. The Morgan fingerprint density at radius 3 is 2.80 bits per heavy atom. The van der Waals surface area contributed by atoms with Crippen LogP contribution in [0.3, 0.4) is 0 Å². The maximum atomic E-state index is 12.8. The number of nitrogens with zero attached hydrogens (tertiary/aromatic N) is 2. The lowest BCUT2D eigenvalue weighted by Gasteiger charge is -2.36. The van der Waals surface area contributed by atoms with E-state index in [1.807, 2.05) is 20.8 Å². The standard InChI is InChI=1S/C19H25N3O3/c1-19(2,3)25-18(24)21-13-16-9-4-5-10-22(16)17(23)15-8-6-7-14(11-15)12-20/h6-8,11,16H,4-5,9-10,13H2,1-3H3,(H,21,24). The molecule has 1 aliphatic heterocycles. The molecule has 0 aliphatic carbocycles. The molecule has 6 nitrogen and oxygen atoms in total. The van der Waals surface area contributed by atoms with Gasteiger partial charge in [-0.1, -0.05) is 6.07 Å². The van der Waals surface area contributed by atoms with E-state index in [1.165, 1.54) is 0 Å². The number of nitriles is 1. The van der Waals surface area contributed by atoms with Crippen molar-refractivity contribution in [3.8, 4) is 6.07 Å². The average Bonchev–Trinajstić information content (AvgIpc) is 2.58. The summed E-state index contributed by atoms with van der Waals surface area (Å²) in [4.78, 5) is 26.5. The van der Waals surface area contributed by atoms with E-state index in [2.05, 4.69) is 11.4 Å². The molecule has 1 aliphatic rings. The second-order valence-corrected chi connectivity index (χ2v) is 7.22. The van der Waals surface area contributed by atoms with Gasteiger partial charge >= 0.3 is 6.09 Å². The zero-order valence-corrected chi connectivity index (χ0v) is 15.0. The van der Waals surface area contributed by atoms with Crippen molar-refractivity contribution in [2.75, 3.05) is 13.1 Å². The molecule has 6 heteroatoms. The SMILES string of the molecule is CC(C)(C)OC(=O)NCC1CCCCN1C(=O)c1cccc(C#N)c1. The molecule has 134 valence electrons. The fourth-order valence-electron chi connectivity index (χ4n) is 2.88. The molecular weight excluding hydrogens is 318 g/mol. The van der Waals surface area contributed by atoms with E-state index in [4.69, 9.17) is 10.00 Å². The number of hydrogen-bond acceptors (Lipinski definition) is 4. The van der Waals surface area contributed by atoms with Gasteiger partial charge in [0.1, 0.15) is 5.60 Å².